The van der Waals surface area contributed by atoms with Crippen molar-refractivity contribution in [2.24, 2.45) is 17.6 Å². The van der Waals surface area contributed by atoms with Crippen molar-refractivity contribution in [1.82, 2.24) is 5.32 Å². The summed E-state index contributed by atoms with van der Waals surface area (Å²) in [5.41, 5.74) is 5.92. The molecule has 1 fully saturated rings. The molecule has 24 heavy (non-hydrogen) atoms. The lowest BCUT2D eigenvalue weighted by Gasteiger charge is -2.34. The van der Waals surface area contributed by atoms with Crippen molar-refractivity contribution < 1.29 is 14.3 Å². The number of nitrogens with one attached hydrogen (secondary N) is 1. The SMILES string of the molecule is CC1CCCC(NC(=O)/C=C/c2ccc(OCC(N)=O)cc2)C1C. The summed E-state index contributed by atoms with van der Waals surface area (Å²) in [6, 6.07) is 7.39. The second-order valence-corrected chi connectivity index (χ2v) is 6.54. The minimum absolute atomic E-state index is 0.0602. The topological polar surface area (TPSA) is 81.4 Å². The van der Waals surface area contributed by atoms with Gasteiger partial charge in [-0.25, -0.2) is 0 Å². The molecule has 1 aliphatic carbocycles. The van der Waals surface area contributed by atoms with Crippen molar-refractivity contribution in [2.75, 3.05) is 6.61 Å². The number of primary amides is 1. The summed E-state index contributed by atoms with van der Waals surface area (Å²) in [5.74, 6) is 1.16. The summed E-state index contributed by atoms with van der Waals surface area (Å²) < 4.78 is 5.19. The van der Waals surface area contributed by atoms with Gasteiger partial charge in [-0.2, -0.15) is 0 Å². The zero-order valence-electron chi connectivity index (χ0n) is 14.3. The third-order valence-corrected chi connectivity index (χ3v) is 4.72. The lowest BCUT2D eigenvalue weighted by atomic mass is 9.78. The highest BCUT2D eigenvalue weighted by atomic mass is 16.5. The molecule has 2 rings (SSSR count). The van der Waals surface area contributed by atoms with E-state index in [-0.39, 0.29) is 18.6 Å². The molecule has 1 aromatic rings. The van der Waals surface area contributed by atoms with Crippen LogP contribution in [-0.4, -0.2) is 24.5 Å². The van der Waals surface area contributed by atoms with E-state index in [0.717, 1.165) is 12.0 Å². The van der Waals surface area contributed by atoms with Crippen molar-refractivity contribution in [3.8, 4) is 5.75 Å². The first-order chi connectivity index (χ1) is 11.5. The average molecular weight is 330 g/mol. The molecule has 0 aliphatic heterocycles. The van der Waals surface area contributed by atoms with Gasteiger partial charge in [0, 0.05) is 12.1 Å². The highest BCUT2D eigenvalue weighted by Gasteiger charge is 2.27. The second kappa shape index (κ2) is 8.52. The Labute approximate surface area is 143 Å². The summed E-state index contributed by atoms with van der Waals surface area (Å²) in [6.07, 6.45) is 6.80. The summed E-state index contributed by atoms with van der Waals surface area (Å²) in [6.45, 7) is 4.32. The van der Waals surface area contributed by atoms with Gasteiger partial charge in [-0.3, -0.25) is 9.59 Å². The molecule has 130 valence electrons. The van der Waals surface area contributed by atoms with Gasteiger partial charge in [-0.05, 0) is 42.0 Å². The standard InChI is InChI=1S/C19H26N2O3/c1-13-4-3-5-17(14(13)2)21-19(23)11-8-15-6-9-16(10-7-15)24-12-18(20)22/h6-11,13-14,17H,3-5,12H2,1-2H3,(H2,20,22)(H,21,23)/b11-8+. The van der Waals surface area contributed by atoms with E-state index >= 15 is 0 Å². The van der Waals surface area contributed by atoms with Crippen molar-refractivity contribution in [3.05, 3.63) is 35.9 Å². The van der Waals surface area contributed by atoms with Crippen LogP contribution < -0.4 is 15.8 Å². The van der Waals surface area contributed by atoms with Crippen LogP contribution in [0.25, 0.3) is 6.08 Å². The minimum atomic E-state index is -0.512. The Balaban J connectivity index is 1.85. The normalized spacial score (nSPS) is 23.8. The van der Waals surface area contributed by atoms with Crippen molar-refractivity contribution in [1.29, 1.82) is 0 Å². The number of nitrogens with two attached hydrogens (primary N) is 1. The fraction of sp³-hybridized carbons (Fsp3) is 0.474. The first-order valence-electron chi connectivity index (χ1n) is 8.45. The van der Waals surface area contributed by atoms with E-state index in [1.807, 2.05) is 12.1 Å². The van der Waals surface area contributed by atoms with E-state index in [1.54, 1.807) is 24.3 Å². The predicted octanol–water partition coefficient (Wildman–Crippen LogP) is 2.50. The number of benzene rings is 1. The number of amides is 2. The van der Waals surface area contributed by atoms with Gasteiger partial charge in [-0.1, -0.05) is 38.8 Å². The Morgan fingerprint density at radius 2 is 1.96 bits per heavy atom. The monoisotopic (exact) mass is 330 g/mol. The van der Waals surface area contributed by atoms with Gasteiger partial charge in [0.2, 0.25) is 5.91 Å². The van der Waals surface area contributed by atoms with E-state index < -0.39 is 5.91 Å². The molecule has 0 radical (unpaired) electrons. The van der Waals surface area contributed by atoms with Gasteiger partial charge >= 0.3 is 0 Å². The summed E-state index contributed by atoms with van der Waals surface area (Å²) in [4.78, 5) is 22.8. The molecule has 3 unspecified atom stereocenters. The molecule has 0 bridgehead atoms. The molecular formula is C19H26N2O3. The number of hydrogen-bond acceptors (Lipinski definition) is 3. The van der Waals surface area contributed by atoms with Crippen LogP contribution in [0.3, 0.4) is 0 Å². The molecule has 1 saturated carbocycles. The quantitative estimate of drug-likeness (QED) is 0.786. The van der Waals surface area contributed by atoms with Gasteiger partial charge < -0.3 is 15.8 Å². The van der Waals surface area contributed by atoms with Gasteiger partial charge in [0.25, 0.3) is 5.91 Å². The van der Waals surface area contributed by atoms with E-state index in [9.17, 15) is 9.59 Å². The van der Waals surface area contributed by atoms with Gasteiger partial charge in [0.05, 0.1) is 0 Å². The maximum Gasteiger partial charge on any atom is 0.255 e. The van der Waals surface area contributed by atoms with E-state index in [0.29, 0.717) is 17.6 Å². The van der Waals surface area contributed by atoms with Crippen molar-refractivity contribution >= 4 is 17.9 Å². The Kier molecular flexibility index (Phi) is 6.41. The fourth-order valence-electron chi connectivity index (χ4n) is 3.02. The summed E-state index contributed by atoms with van der Waals surface area (Å²) in [5, 5.41) is 3.11. The van der Waals surface area contributed by atoms with Crippen molar-refractivity contribution in [3.63, 3.8) is 0 Å². The van der Waals surface area contributed by atoms with Crippen molar-refractivity contribution in [2.45, 2.75) is 39.2 Å². The van der Waals surface area contributed by atoms with Gasteiger partial charge in [0.15, 0.2) is 6.61 Å². The first-order valence-corrected chi connectivity index (χ1v) is 8.45. The molecule has 2 amide bonds. The number of ether oxygens (including phenoxy) is 1. The largest absolute Gasteiger partial charge is 0.484 e. The third-order valence-electron chi connectivity index (χ3n) is 4.72. The van der Waals surface area contributed by atoms with Crippen LogP contribution in [-0.2, 0) is 9.59 Å². The Hall–Kier alpha value is -2.30. The Morgan fingerprint density at radius 1 is 1.25 bits per heavy atom. The van der Waals surface area contributed by atoms with Crippen LogP contribution in [0.1, 0.15) is 38.7 Å². The highest BCUT2D eigenvalue weighted by molar-refractivity contribution is 5.91. The highest BCUT2D eigenvalue weighted by Crippen LogP contribution is 2.29. The van der Waals surface area contributed by atoms with Crippen LogP contribution in [0.5, 0.6) is 5.75 Å². The Morgan fingerprint density at radius 3 is 2.62 bits per heavy atom. The molecule has 1 aromatic carbocycles. The smallest absolute Gasteiger partial charge is 0.255 e. The molecule has 0 saturated heterocycles. The van der Waals surface area contributed by atoms with Crippen LogP contribution in [0.15, 0.2) is 30.3 Å². The molecule has 3 N–H and O–H groups in total. The van der Waals surface area contributed by atoms with Crippen LogP contribution >= 0.6 is 0 Å². The molecule has 1 aliphatic rings. The molecule has 5 heteroatoms. The maximum atomic E-state index is 12.1. The zero-order valence-corrected chi connectivity index (χ0v) is 14.3. The van der Waals surface area contributed by atoms with Gasteiger partial charge in [0.1, 0.15) is 5.75 Å². The predicted molar refractivity (Wildman–Crippen MR) is 94.3 cm³/mol. The fourth-order valence-corrected chi connectivity index (χ4v) is 3.02. The first kappa shape index (κ1) is 18.0. The van der Waals surface area contributed by atoms with E-state index in [4.69, 9.17) is 10.5 Å². The van der Waals surface area contributed by atoms with Crippen LogP contribution in [0.4, 0.5) is 0 Å². The number of carbonyl (C=O) groups excluding carboxylic acids is 2. The number of carbonyl (C=O) groups is 2. The molecular weight excluding hydrogens is 304 g/mol. The molecule has 5 nitrogen and oxygen atoms in total. The molecule has 3 atom stereocenters. The van der Waals surface area contributed by atoms with E-state index in [1.165, 1.54) is 12.8 Å². The van der Waals surface area contributed by atoms with E-state index in [2.05, 4.69) is 19.2 Å². The van der Waals surface area contributed by atoms with Crippen LogP contribution in [0, 0.1) is 11.8 Å². The maximum absolute atomic E-state index is 12.1. The second-order valence-electron chi connectivity index (χ2n) is 6.54. The molecule has 0 heterocycles. The number of rotatable bonds is 6. The molecule has 0 aromatic heterocycles. The third kappa shape index (κ3) is 5.41. The number of hydrogen-bond donors (Lipinski definition) is 2. The zero-order chi connectivity index (χ0) is 17.5. The Bertz CT molecular complexity index is 595. The lowest BCUT2D eigenvalue weighted by Crippen LogP contribution is -2.43. The van der Waals surface area contributed by atoms with Crippen LogP contribution in [0.2, 0.25) is 0 Å². The summed E-state index contributed by atoms with van der Waals surface area (Å²) >= 11 is 0. The lowest BCUT2D eigenvalue weighted by molar-refractivity contribution is -0.120. The molecule has 0 spiro atoms. The minimum Gasteiger partial charge on any atom is -0.484 e. The summed E-state index contributed by atoms with van der Waals surface area (Å²) in [7, 11) is 0. The van der Waals surface area contributed by atoms with Gasteiger partial charge in [-0.15, -0.1) is 0 Å². The average Bonchev–Trinajstić information content (AvgIpc) is 2.56.